The number of hydrogen-bond acceptors (Lipinski definition) is 3. The molecule has 1 atom stereocenters. The summed E-state index contributed by atoms with van der Waals surface area (Å²) in [6.07, 6.45) is 3.21. The number of carbonyl (C=O) groups is 1. The van der Waals surface area contributed by atoms with Crippen molar-refractivity contribution >= 4 is 5.97 Å². The first-order valence-corrected chi connectivity index (χ1v) is 5.78. The summed E-state index contributed by atoms with van der Waals surface area (Å²) in [7, 11) is 0. The summed E-state index contributed by atoms with van der Waals surface area (Å²) in [5.74, 6) is 0.650. The van der Waals surface area contributed by atoms with Gasteiger partial charge < -0.3 is 10.5 Å². The minimum Gasteiger partial charge on any atom is -0.460 e. The van der Waals surface area contributed by atoms with Crippen LogP contribution in [0.4, 0.5) is 0 Å². The van der Waals surface area contributed by atoms with Crippen molar-refractivity contribution < 1.29 is 9.53 Å². The number of carbonyl (C=O) groups excluding carboxylic acids is 1. The molecule has 0 amide bonds. The Labute approximate surface area is 91.4 Å². The maximum atomic E-state index is 11.9. The number of rotatable bonds is 2. The van der Waals surface area contributed by atoms with Gasteiger partial charge in [-0.3, -0.25) is 4.79 Å². The first-order valence-electron chi connectivity index (χ1n) is 5.78. The number of fused-ring (bicyclic) bond motifs is 1. The van der Waals surface area contributed by atoms with Gasteiger partial charge in [0.1, 0.15) is 5.60 Å². The van der Waals surface area contributed by atoms with E-state index >= 15 is 0 Å². The van der Waals surface area contributed by atoms with Gasteiger partial charge in [-0.05, 0) is 57.9 Å². The van der Waals surface area contributed by atoms with Gasteiger partial charge in [0, 0.05) is 0 Å². The molecule has 0 aromatic carbocycles. The molecular weight excluding hydrogens is 190 g/mol. The van der Waals surface area contributed by atoms with E-state index in [0.29, 0.717) is 5.92 Å². The second kappa shape index (κ2) is 3.21. The van der Waals surface area contributed by atoms with E-state index in [-0.39, 0.29) is 22.9 Å². The summed E-state index contributed by atoms with van der Waals surface area (Å²) in [5.41, 5.74) is 5.67. The Hall–Kier alpha value is -0.570. The minimum absolute atomic E-state index is 0.0136. The SMILES string of the molecule is CC(C)(C)OC(=O)C1CC2(CN)CC1C2. The summed E-state index contributed by atoms with van der Waals surface area (Å²) >= 11 is 0. The van der Waals surface area contributed by atoms with E-state index in [1.807, 2.05) is 20.8 Å². The molecule has 0 spiro atoms. The molecule has 86 valence electrons. The molecule has 3 rings (SSSR count). The molecule has 0 aliphatic heterocycles. The van der Waals surface area contributed by atoms with E-state index in [1.54, 1.807) is 0 Å². The van der Waals surface area contributed by atoms with Crippen molar-refractivity contribution in [2.24, 2.45) is 23.0 Å². The summed E-state index contributed by atoms with van der Waals surface area (Å²) in [5, 5.41) is 0. The van der Waals surface area contributed by atoms with Gasteiger partial charge in [0.25, 0.3) is 0 Å². The zero-order valence-electron chi connectivity index (χ0n) is 9.88. The molecular formula is C12H21NO2. The average Bonchev–Trinajstić information content (AvgIpc) is 2.53. The van der Waals surface area contributed by atoms with Gasteiger partial charge in [0.15, 0.2) is 0 Å². The van der Waals surface area contributed by atoms with Crippen LogP contribution in [0.15, 0.2) is 0 Å². The molecule has 0 radical (unpaired) electrons. The largest absolute Gasteiger partial charge is 0.460 e. The van der Waals surface area contributed by atoms with Crippen LogP contribution < -0.4 is 5.73 Å². The number of esters is 1. The highest BCUT2D eigenvalue weighted by Gasteiger charge is 2.58. The molecule has 3 aliphatic carbocycles. The molecule has 15 heavy (non-hydrogen) atoms. The Morgan fingerprint density at radius 2 is 2.00 bits per heavy atom. The third kappa shape index (κ3) is 1.89. The van der Waals surface area contributed by atoms with Gasteiger partial charge in [-0.1, -0.05) is 0 Å². The number of nitrogens with two attached hydrogens (primary N) is 1. The van der Waals surface area contributed by atoms with E-state index < -0.39 is 0 Å². The molecule has 3 heteroatoms. The summed E-state index contributed by atoms with van der Waals surface area (Å²) in [6.45, 7) is 6.48. The second-order valence-electron chi connectivity index (χ2n) is 6.22. The molecule has 3 nitrogen and oxygen atoms in total. The maximum absolute atomic E-state index is 11.9. The van der Waals surface area contributed by atoms with Crippen molar-refractivity contribution in [3.05, 3.63) is 0 Å². The Morgan fingerprint density at radius 1 is 1.40 bits per heavy atom. The van der Waals surface area contributed by atoms with Crippen LogP contribution in [-0.4, -0.2) is 18.1 Å². The lowest BCUT2D eigenvalue weighted by Crippen LogP contribution is -2.36. The minimum atomic E-state index is -0.361. The number of ether oxygens (including phenoxy) is 1. The Bertz CT molecular complexity index is 274. The molecule has 1 unspecified atom stereocenters. The summed E-state index contributed by atoms with van der Waals surface area (Å²) in [4.78, 5) is 11.9. The Balaban J connectivity index is 1.95. The summed E-state index contributed by atoms with van der Waals surface area (Å²) < 4.78 is 5.43. The maximum Gasteiger partial charge on any atom is 0.309 e. The zero-order chi connectivity index (χ0) is 11.3. The van der Waals surface area contributed by atoms with Crippen LogP contribution >= 0.6 is 0 Å². The van der Waals surface area contributed by atoms with Gasteiger partial charge in [-0.15, -0.1) is 0 Å². The van der Waals surface area contributed by atoms with Crippen molar-refractivity contribution in [2.75, 3.05) is 6.54 Å². The Morgan fingerprint density at radius 3 is 2.40 bits per heavy atom. The molecule has 2 N–H and O–H groups in total. The molecule has 0 heterocycles. The normalized spacial score (nSPS) is 38.7. The van der Waals surface area contributed by atoms with Gasteiger partial charge in [0.2, 0.25) is 0 Å². The summed E-state index contributed by atoms with van der Waals surface area (Å²) in [6, 6.07) is 0. The molecule has 2 bridgehead atoms. The topological polar surface area (TPSA) is 52.3 Å². The first kappa shape index (κ1) is 10.9. The molecule has 3 aliphatic rings. The molecule has 3 saturated carbocycles. The smallest absolute Gasteiger partial charge is 0.309 e. The van der Waals surface area contributed by atoms with E-state index in [9.17, 15) is 4.79 Å². The van der Waals surface area contributed by atoms with Crippen molar-refractivity contribution in [3.8, 4) is 0 Å². The van der Waals surface area contributed by atoms with Crippen LogP contribution in [0.25, 0.3) is 0 Å². The lowest BCUT2D eigenvalue weighted by atomic mass is 9.69. The van der Waals surface area contributed by atoms with Gasteiger partial charge in [-0.25, -0.2) is 0 Å². The highest BCUT2D eigenvalue weighted by Crippen LogP contribution is 2.61. The zero-order valence-corrected chi connectivity index (χ0v) is 9.88. The van der Waals surface area contributed by atoms with E-state index in [4.69, 9.17) is 10.5 Å². The second-order valence-corrected chi connectivity index (χ2v) is 6.22. The third-order valence-corrected chi connectivity index (χ3v) is 3.75. The first-order chi connectivity index (χ1) is 6.85. The van der Waals surface area contributed by atoms with Crippen LogP contribution in [0.2, 0.25) is 0 Å². The lowest BCUT2D eigenvalue weighted by molar-refractivity contribution is -0.160. The fourth-order valence-corrected chi connectivity index (χ4v) is 3.04. The van der Waals surface area contributed by atoms with Gasteiger partial charge in [-0.2, -0.15) is 0 Å². The third-order valence-electron chi connectivity index (χ3n) is 3.75. The monoisotopic (exact) mass is 211 g/mol. The lowest BCUT2D eigenvalue weighted by Gasteiger charge is -2.37. The van der Waals surface area contributed by atoms with E-state index in [2.05, 4.69) is 0 Å². The molecule has 0 aromatic rings. The van der Waals surface area contributed by atoms with Crippen LogP contribution in [0.5, 0.6) is 0 Å². The highest BCUT2D eigenvalue weighted by molar-refractivity contribution is 5.74. The molecule has 0 aromatic heterocycles. The average molecular weight is 211 g/mol. The van der Waals surface area contributed by atoms with Crippen LogP contribution in [0, 0.1) is 17.3 Å². The standard InChI is InChI=1S/C12H21NO2/c1-11(2,3)15-10(14)9-6-12(7-13)4-8(9)5-12/h8-9H,4-7,13H2,1-3H3. The van der Waals surface area contributed by atoms with Crippen molar-refractivity contribution in [1.82, 2.24) is 0 Å². The van der Waals surface area contributed by atoms with Crippen LogP contribution in [0.3, 0.4) is 0 Å². The highest BCUT2D eigenvalue weighted by atomic mass is 16.6. The van der Waals surface area contributed by atoms with Gasteiger partial charge >= 0.3 is 5.97 Å². The van der Waals surface area contributed by atoms with Crippen LogP contribution in [0.1, 0.15) is 40.0 Å². The predicted molar refractivity (Wildman–Crippen MR) is 58.2 cm³/mol. The van der Waals surface area contributed by atoms with E-state index in [0.717, 1.165) is 25.8 Å². The fourth-order valence-electron chi connectivity index (χ4n) is 3.04. The molecule has 0 saturated heterocycles. The van der Waals surface area contributed by atoms with Crippen molar-refractivity contribution in [2.45, 2.75) is 45.6 Å². The predicted octanol–water partition coefficient (Wildman–Crippen LogP) is 1.70. The van der Waals surface area contributed by atoms with Crippen molar-refractivity contribution in [3.63, 3.8) is 0 Å². The Kier molecular flexibility index (Phi) is 2.34. The number of hydrogen-bond donors (Lipinski definition) is 1. The fraction of sp³-hybridized carbons (Fsp3) is 0.917. The quantitative estimate of drug-likeness (QED) is 0.707. The van der Waals surface area contributed by atoms with Crippen molar-refractivity contribution in [1.29, 1.82) is 0 Å². The van der Waals surface area contributed by atoms with Crippen LogP contribution in [-0.2, 0) is 9.53 Å². The van der Waals surface area contributed by atoms with Gasteiger partial charge in [0.05, 0.1) is 5.92 Å². The molecule has 3 fully saturated rings. The van der Waals surface area contributed by atoms with E-state index in [1.165, 1.54) is 0 Å².